The molecule has 1 atom stereocenters. The van der Waals surface area contributed by atoms with Crippen molar-refractivity contribution in [3.8, 4) is 0 Å². The Bertz CT molecular complexity index is 433. The minimum atomic E-state index is -0.302. The highest BCUT2D eigenvalue weighted by molar-refractivity contribution is 5.85. The van der Waals surface area contributed by atoms with Gasteiger partial charge in [0.15, 0.2) is 0 Å². The maximum atomic E-state index is 12.1. The van der Waals surface area contributed by atoms with E-state index < -0.39 is 0 Å². The van der Waals surface area contributed by atoms with Crippen LogP contribution in [0.4, 0.5) is 0 Å². The zero-order valence-electron chi connectivity index (χ0n) is 10.3. The van der Waals surface area contributed by atoms with Crippen LogP contribution >= 0.6 is 0 Å². The van der Waals surface area contributed by atoms with Crippen molar-refractivity contribution in [2.24, 2.45) is 0 Å². The summed E-state index contributed by atoms with van der Waals surface area (Å²) in [7, 11) is 1.35. The molecule has 1 unspecified atom stereocenters. The van der Waals surface area contributed by atoms with Crippen LogP contribution in [0.25, 0.3) is 0 Å². The molecule has 1 heterocycles. The summed E-state index contributed by atoms with van der Waals surface area (Å²) in [6.45, 7) is 0.858. The number of nitrogens with one attached hydrogen (secondary N) is 1. The van der Waals surface area contributed by atoms with Gasteiger partial charge in [-0.2, -0.15) is 0 Å². The van der Waals surface area contributed by atoms with Crippen LogP contribution in [-0.4, -0.2) is 37.1 Å². The molecule has 1 aliphatic heterocycles. The fourth-order valence-electron chi connectivity index (χ4n) is 1.97. The lowest BCUT2D eigenvalue weighted by Gasteiger charge is -2.14. The molecule has 1 saturated heterocycles. The number of benzene rings is 1. The van der Waals surface area contributed by atoms with Crippen LogP contribution in [0.3, 0.4) is 0 Å². The van der Waals surface area contributed by atoms with E-state index in [0.717, 1.165) is 5.56 Å². The average Bonchev–Trinajstić information content (AvgIpc) is 2.78. The first-order valence-corrected chi connectivity index (χ1v) is 5.86. The first kappa shape index (κ1) is 12.6. The van der Waals surface area contributed by atoms with Gasteiger partial charge in [0.2, 0.25) is 5.91 Å². The Labute approximate surface area is 106 Å². The topological polar surface area (TPSA) is 58.6 Å². The van der Waals surface area contributed by atoms with E-state index in [0.29, 0.717) is 13.2 Å². The molecule has 1 aromatic carbocycles. The van der Waals surface area contributed by atoms with Crippen molar-refractivity contribution >= 4 is 11.9 Å². The molecule has 1 N–H and O–H groups in total. The maximum absolute atomic E-state index is 12.1. The fourth-order valence-corrected chi connectivity index (χ4v) is 1.97. The zero-order valence-corrected chi connectivity index (χ0v) is 10.3. The molecule has 1 amide bonds. The summed E-state index contributed by atoms with van der Waals surface area (Å²) in [5, 5.41) is 3.14. The first-order chi connectivity index (χ1) is 8.72. The molecule has 0 saturated carbocycles. The molecule has 96 valence electrons. The summed E-state index contributed by atoms with van der Waals surface area (Å²) < 4.78 is 4.56. The molecule has 5 heteroatoms. The van der Waals surface area contributed by atoms with Crippen molar-refractivity contribution in [2.45, 2.75) is 12.5 Å². The van der Waals surface area contributed by atoms with Crippen molar-refractivity contribution < 1.29 is 14.3 Å². The van der Waals surface area contributed by atoms with E-state index in [2.05, 4.69) is 10.1 Å². The fraction of sp³-hybridized carbons (Fsp3) is 0.385. The van der Waals surface area contributed by atoms with E-state index in [1.807, 2.05) is 30.3 Å². The molecular formula is C13H16N2O3. The predicted octanol–water partition coefficient (Wildman–Crippen LogP) is 0.680. The SMILES string of the molecule is COC(=O)CCN1CNC(c2ccccc2)C1=O. The lowest BCUT2D eigenvalue weighted by Crippen LogP contribution is -2.29. The van der Waals surface area contributed by atoms with Crippen molar-refractivity contribution in [1.82, 2.24) is 10.2 Å². The second kappa shape index (κ2) is 5.64. The van der Waals surface area contributed by atoms with Gasteiger partial charge in [0.1, 0.15) is 6.04 Å². The van der Waals surface area contributed by atoms with Crippen molar-refractivity contribution in [3.63, 3.8) is 0 Å². The average molecular weight is 248 g/mol. The maximum Gasteiger partial charge on any atom is 0.307 e. The van der Waals surface area contributed by atoms with Crippen LogP contribution in [-0.2, 0) is 14.3 Å². The number of carbonyl (C=O) groups excluding carboxylic acids is 2. The smallest absolute Gasteiger partial charge is 0.307 e. The Hall–Kier alpha value is -1.88. The first-order valence-electron chi connectivity index (χ1n) is 5.86. The largest absolute Gasteiger partial charge is 0.469 e. The number of rotatable bonds is 4. The number of methoxy groups -OCH3 is 1. The molecule has 1 aromatic rings. The Balaban J connectivity index is 1.95. The molecule has 1 aliphatic rings. The molecule has 0 radical (unpaired) electrons. The highest BCUT2D eigenvalue weighted by atomic mass is 16.5. The molecule has 0 bridgehead atoms. The normalized spacial score (nSPS) is 19.1. The van der Waals surface area contributed by atoms with Crippen molar-refractivity contribution in [3.05, 3.63) is 35.9 Å². The molecule has 18 heavy (non-hydrogen) atoms. The van der Waals surface area contributed by atoms with Crippen LogP contribution in [0.2, 0.25) is 0 Å². The summed E-state index contributed by atoms with van der Waals surface area (Å²) in [6, 6.07) is 9.25. The summed E-state index contributed by atoms with van der Waals surface area (Å²) in [6.07, 6.45) is 0.228. The number of carbonyl (C=O) groups is 2. The van der Waals surface area contributed by atoms with E-state index in [4.69, 9.17) is 0 Å². The van der Waals surface area contributed by atoms with Crippen LogP contribution in [0.1, 0.15) is 18.0 Å². The van der Waals surface area contributed by atoms with Crippen LogP contribution in [0.5, 0.6) is 0 Å². The second-order valence-corrected chi connectivity index (χ2v) is 4.13. The van der Waals surface area contributed by atoms with Gasteiger partial charge in [0.05, 0.1) is 20.2 Å². The Morgan fingerprint density at radius 1 is 1.44 bits per heavy atom. The molecule has 0 aliphatic carbocycles. The van der Waals surface area contributed by atoms with Gasteiger partial charge in [-0.05, 0) is 5.56 Å². The van der Waals surface area contributed by atoms with Gasteiger partial charge in [-0.3, -0.25) is 14.9 Å². The van der Waals surface area contributed by atoms with Gasteiger partial charge in [0, 0.05) is 6.54 Å². The van der Waals surface area contributed by atoms with E-state index >= 15 is 0 Å². The predicted molar refractivity (Wildman–Crippen MR) is 65.5 cm³/mol. The van der Waals surface area contributed by atoms with Gasteiger partial charge < -0.3 is 9.64 Å². The van der Waals surface area contributed by atoms with Crippen molar-refractivity contribution in [1.29, 1.82) is 0 Å². The molecule has 5 nitrogen and oxygen atoms in total. The third-order valence-electron chi connectivity index (χ3n) is 2.99. The molecule has 0 aromatic heterocycles. The van der Waals surface area contributed by atoms with Gasteiger partial charge >= 0.3 is 5.97 Å². The van der Waals surface area contributed by atoms with Gasteiger partial charge in [-0.25, -0.2) is 0 Å². The number of amides is 1. The Kier molecular flexibility index (Phi) is 3.94. The standard InChI is InChI=1S/C13H16N2O3/c1-18-11(16)7-8-15-9-14-12(13(15)17)10-5-3-2-4-6-10/h2-6,12,14H,7-9H2,1H3. The monoisotopic (exact) mass is 248 g/mol. The quantitative estimate of drug-likeness (QED) is 0.796. The molecule has 0 spiro atoms. The summed E-state index contributed by atoms with van der Waals surface area (Å²) in [4.78, 5) is 24.8. The lowest BCUT2D eigenvalue weighted by molar-refractivity contribution is -0.141. The highest BCUT2D eigenvalue weighted by Gasteiger charge is 2.31. The van der Waals surface area contributed by atoms with E-state index in [1.54, 1.807) is 4.90 Å². The van der Waals surface area contributed by atoms with Crippen LogP contribution < -0.4 is 5.32 Å². The van der Waals surface area contributed by atoms with Gasteiger partial charge in [-0.1, -0.05) is 30.3 Å². The van der Waals surface area contributed by atoms with Gasteiger partial charge in [-0.15, -0.1) is 0 Å². The van der Waals surface area contributed by atoms with E-state index in [1.165, 1.54) is 7.11 Å². The summed E-state index contributed by atoms with van der Waals surface area (Å²) >= 11 is 0. The molecule has 1 fully saturated rings. The lowest BCUT2D eigenvalue weighted by atomic mass is 10.1. The third-order valence-corrected chi connectivity index (χ3v) is 2.99. The van der Waals surface area contributed by atoms with E-state index in [9.17, 15) is 9.59 Å². The second-order valence-electron chi connectivity index (χ2n) is 4.13. The van der Waals surface area contributed by atoms with E-state index in [-0.39, 0.29) is 24.3 Å². The summed E-state index contributed by atoms with van der Waals surface area (Å²) in [5.41, 5.74) is 0.947. The van der Waals surface area contributed by atoms with Crippen LogP contribution in [0, 0.1) is 0 Å². The minimum absolute atomic E-state index is 0.00473. The number of esters is 1. The number of nitrogens with zero attached hydrogens (tertiary/aromatic N) is 1. The zero-order chi connectivity index (χ0) is 13.0. The highest BCUT2D eigenvalue weighted by Crippen LogP contribution is 2.20. The Morgan fingerprint density at radius 2 is 2.17 bits per heavy atom. The van der Waals surface area contributed by atoms with Crippen LogP contribution in [0.15, 0.2) is 30.3 Å². The summed E-state index contributed by atoms with van der Waals surface area (Å²) in [5.74, 6) is -0.295. The third kappa shape index (κ3) is 2.68. The Morgan fingerprint density at radius 3 is 2.83 bits per heavy atom. The molecule has 2 rings (SSSR count). The number of hydrogen-bond acceptors (Lipinski definition) is 4. The minimum Gasteiger partial charge on any atom is -0.469 e. The molecular weight excluding hydrogens is 232 g/mol. The van der Waals surface area contributed by atoms with Crippen molar-refractivity contribution in [2.75, 3.05) is 20.3 Å². The number of hydrogen-bond donors (Lipinski definition) is 1. The van der Waals surface area contributed by atoms with Gasteiger partial charge in [0.25, 0.3) is 0 Å². The number of ether oxygens (including phenoxy) is 1.